The minimum absolute atomic E-state index is 0.0333. The van der Waals surface area contributed by atoms with Crippen LogP contribution in [0.4, 0.5) is 24.7 Å². The number of aryl methyl sites for hydroxylation is 1. The Balaban J connectivity index is 1.68. The summed E-state index contributed by atoms with van der Waals surface area (Å²) in [6.07, 6.45) is -3.62. The maximum Gasteiger partial charge on any atom is 0.410 e. The molecular weight excluding hydrogens is 409 g/mol. The number of anilines is 2. The Hall–Kier alpha value is -3.49. The molecule has 0 saturated heterocycles. The van der Waals surface area contributed by atoms with E-state index in [1.54, 1.807) is 36.4 Å². The Morgan fingerprint density at radius 3 is 2.65 bits per heavy atom. The molecule has 6 nitrogen and oxygen atoms in total. The molecule has 1 aromatic heterocycles. The standard InChI is InChI=1S/C22H21F3N4O2/c1-13-6-8-15(9-7-13)27-21(30)17-12-26-29-19(22(23,24)25)11-18(28-20(17)29)14-4-3-5-16(10-14)31-2/h3-10,12,18-19,28H,11H2,1-2H3,(H,27,30)/t18-,19-/m1/s1. The van der Waals surface area contributed by atoms with Crippen LogP contribution < -0.4 is 15.4 Å². The molecule has 0 radical (unpaired) electrons. The fourth-order valence-corrected chi connectivity index (χ4v) is 3.64. The van der Waals surface area contributed by atoms with E-state index in [9.17, 15) is 18.0 Å². The third-order valence-electron chi connectivity index (χ3n) is 5.29. The van der Waals surface area contributed by atoms with Crippen molar-refractivity contribution in [3.63, 3.8) is 0 Å². The molecule has 0 fully saturated rings. The molecule has 9 heteroatoms. The zero-order valence-electron chi connectivity index (χ0n) is 16.9. The van der Waals surface area contributed by atoms with Gasteiger partial charge >= 0.3 is 6.18 Å². The number of ether oxygens (including phenoxy) is 1. The van der Waals surface area contributed by atoms with Gasteiger partial charge in [-0.2, -0.15) is 18.3 Å². The van der Waals surface area contributed by atoms with Gasteiger partial charge in [0.15, 0.2) is 6.04 Å². The lowest BCUT2D eigenvalue weighted by atomic mass is 9.96. The van der Waals surface area contributed by atoms with Crippen LogP contribution in [0, 0.1) is 6.92 Å². The van der Waals surface area contributed by atoms with Crippen LogP contribution in [0.2, 0.25) is 0 Å². The van der Waals surface area contributed by atoms with E-state index in [2.05, 4.69) is 15.7 Å². The molecule has 162 valence electrons. The summed E-state index contributed by atoms with van der Waals surface area (Å²) in [6, 6.07) is 11.4. The Bertz CT molecular complexity index is 1090. The van der Waals surface area contributed by atoms with Gasteiger partial charge in [0.05, 0.1) is 19.3 Å². The second kappa shape index (κ2) is 7.98. The van der Waals surface area contributed by atoms with Crippen molar-refractivity contribution in [3.05, 3.63) is 71.4 Å². The topological polar surface area (TPSA) is 68.2 Å². The molecule has 0 spiro atoms. The fraction of sp³-hybridized carbons (Fsp3) is 0.273. The van der Waals surface area contributed by atoms with E-state index in [-0.39, 0.29) is 17.8 Å². The van der Waals surface area contributed by atoms with Gasteiger partial charge in [-0.15, -0.1) is 0 Å². The monoisotopic (exact) mass is 430 g/mol. The molecule has 31 heavy (non-hydrogen) atoms. The molecule has 1 amide bonds. The van der Waals surface area contributed by atoms with E-state index in [1.165, 1.54) is 13.3 Å². The number of hydrogen-bond acceptors (Lipinski definition) is 4. The first-order valence-corrected chi connectivity index (χ1v) is 9.69. The van der Waals surface area contributed by atoms with Crippen LogP contribution in [-0.4, -0.2) is 29.0 Å². The molecule has 2 N–H and O–H groups in total. The maximum atomic E-state index is 13.8. The number of fused-ring (bicyclic) bond motifs is 1. The van der Waals surface area contributed by atoms with Crippen LogP contribution in [-0.2, 0) is 0 Å². The van der Waals surface area contributed by atoms with E-state index >= 15 is 0 Å². The summed E-state index contributed by atoms with van der Waals surface area (Å²) >= 11 is 0. The highest BCUT2D eigenvalue weighted by Crippen LogP contribution is 2.44. The number of aromatic nitrogens is 2. The quantitative estimate of drug-likeness (QED) is 0.603. The molecule has 2 heterocycles. The van der Waals surface area contributed by atoms with Crippen molar-refractivity contribution in [1.82, 2.24) is 9.78 Å². The van der Waals surface area contributed by atoms with Crippen molar-refractivity contribution in [2.75, 3.05) is 17.7 Å². The van der Waals surface area contributed by atoms with Crippen molar-refractivity contribution in [2.24, 2.45) is 0 Å². The van der Waals surface area contributed by atoms with Gasteiger partial charge in [0, 0.05) is 12.1 Å². The molecular formula is C22H21F3N4O2. The van der Waals surface area contributed by atoms with Crippen LogP contribution in [0.1, 0.15) is 40.0 Å². The molecule has 2 atom stereocenters. The predicted molar refractivity (Wildman–Crippen MR) is 110 cm³/mol. The number of amides is 1. The van der Waals surface area contributed by atoms with Crippen molar-refractivity contribution in [3.8, 4) is 5.75 Å². The normalized spacial score (nSPS) is 18.1. The zero-order valence-corrected chi connectivity index (χ0v) is 16.9. The van der Waals surface area contributed by atoms with Crippen LogP contribution >= 0.6 is 0 Å². The molecule has 0 aliphatic carbocycles. The SMILES string of the molecule is COc1cccc([C@H]2C[C@H](C(F)(F)F)n3ncc(C(=O)Nc4ccc(C)cc4)c3N2)c1. The lowest BCUT2D eigenvalue weighted by Gasteiger charge is -2.34. The molecule has 4 rings (SSSR count). The first kappa shape index (κ1) is 20.8. The fourth-order valence-electron chi connectivity index (χ4n) is 3.64. The smallest absolute Gasteiger partial charge is 0.410 e. The van der Waals surface area contributed by atoms with Crippen molar-refractivity contribution in [1.29, 1.82) is 0 Å². The number of hydrogen-bond donors (Lipinski definition) is 2. The van der Waals surface area contributed by atoms with Gasteiger partial charge in [-0.25, -0.2) is 4.68 Å². The molecule has 1 aliphatic heterocycles. The average molecular weight is 430 g/mol. The van der Waals surface area contributed by atoms with Crippen LogP contribution in [0.3, 0.4) is 0 Å². The van der Waals surface area contributed by atoms with E-state index in [1.807, 2.05) is 19.1 Å². The largest absolute Gasteiger partial charge is 0.497 e. The maximum absolute atomic E-state index is 13.8. The number of benzene rings is 2. The summed E-state index contributed by atoms with van der Waals surface area (Å²) in [7, 11) is 1.49. The summed E-state index contributed by atoms with van der Waals surface area (Å²) in [5.74, 6) is 0.0371. The summed E-state index contributed by atoms with van der Waals surface area (Å²) in [5, 5.41) is 9.68. The van der Waals surface area contributed by atoms with E-state index in [4.69, 9.17) is 4.74 Å². The lowest BCUT2D eigenvalue weighted by molar-refractivity contribution is -0.173. The van der Waals surface area contributed by atoms with Gasteiger partial charge < -0.3 is 15.4 Å². The van der Waals surface area contributed by atoms with Gasteiger partial charge in [-0.1, -0.05) is 29.8 Å². The minimum atomic E-state index is -4.52. The van der Waals surface area contributed by atoms with Crippen molar-refractivity contribution >= 4 is 17.4 Å². The van der Waals surface area contributed by atoms with Gasteiger partial charge in [-0.05, 0) is 36.8 Å². The Morgan fingerprint density at radius 2 is 1.97 bits per heavy atom. The van der Waals surface area contributed by atoms with Crippen LogP contribution in [0.25, 0.3) is 0 Å². The number of alkyl halides is 3. The first-order chi connectivity index (χ1) is 14.8. The lowest BCUT2D eigenvalue weighted by Crippen LogP contribution is -2.36. The molecule has 1 aliphatic rings. The third kappa shape index (κ3) is 4.21. The summed E-state index contributed by atoms with van der Waals surface area (Å²) in [6.45, 7) is 1.92. The molecule has 0 bridgehead atoms. The molecule has 0 unspecified atom stereocenters. The van der Waals surface area contributed by atoms with Gasteiger partial charge in [0.2, 0.25) is 0 Å². The second-order valence-corrected chi connectivity index (χ2v) is 7.44. The van der Waals surface area contributed by atoms with Gasteiger partial charge in [0.1, 0.15) is 17.1 Å². The number of halogens is 3. The Labute approximate surface area is 177 Å². The highest BCUT2D eigenvalue weighted by molar-refractivity contribution is 6.07. The predicted octanol–water partition coefficient (Wildman–Crippen LogP) is 5.11. The van der Waals surface area contributed by atoms with E-state index in [0.717, 1.165) is 10.2 Å². The van der Waals surface area contributed by atoms with Gasteiger partial charge in [0.25, 0.3) is 5.91 Å². The van der Waals surface area contributed by atoms with E-state index in [0.29, 0.717) is 17.0 Å². The molecule has 0 saturated carbocycles. The first-order valence-electron chi connectivity index (χ1n) is 9.69. The number of nitrogens with zero attached hydrogens (tertiary/aromatic N) is 2. The summed E-state index contributed by atoms with van der Waals surface area (Å²) in [5.41, 5.74) is 2.24. The zero-order chi connectivity index (χ0) is 22.2. The van der Waals surface area contributed by atoms with Crippen LogP contribution in [0.5, 0.6) is 5.75 Å². The number of methoxy groups -OCH3 is 1. The van der Waals surface area contributed by atoms with Gasteiger partial charge in [-0.3, -0.25) is 4.79 Å². The summed E-state index contributed by atoms with van der Waals surface area (Å²) < 4.78 is 47.6. The highest BCUT2D eigenvalue weighted by atomic mass is 19.4. The Morgan fingerprint density at radius 1 is 1.23 bits per heavy atom. The third-order valence-corrected chi connectivity index (χ3v) is 5.29. The van der Waals surface area contributed by atoms with E-state index < -0.39 is 24.2 Å². The molecule has 3 aromatic rings. The minimum Gasteiger partial charge on any atom is -0.497 e. The number of rotatable bonds is 4. The number of carbonyl (C=O) groups is 1. The number of nitrogens with one attached hydrogen (secondary N) is 2. The van der Waals surface area contributed by atoms with Crippen molar-refractivity contribution < 1.29 is 22.7 Å². The number of carbonyl (C=O) groups excluding carboxylic acids is 1. The second-order valence-electron chi connectivity index (χ2n) is 7.44. The van der Waals surface area contributed by atoms with Crippen molar-refractivity contribution in [2.45, 2.75) is 31.6 Å². The average Bonchev–Trinajstić information content (AvgIpc) is 3.18. The summed E-state index contributed by atoms with van der Waals surface area (Å²) in [4.78, 5) is 12.8. The Kier molecular flexibility index (Phi) is 5.34. The highest BCUT2D eigenvalue weighted by Gasteiger charge is 2.47. The van der Waals surface area contributed by atoms with Crippen LogP contribution in [0.15, 0.2) is 54.7 Å². The molecule has 2 aromatic carbocycles.